The Morgan fingerprint density at radius 1 is 1.43 bits per heavy atom. The third-order valence-corrected chi connectivity index (χ3v) is 2.05. The van der Waals surface area contributed by atoms with Gasteiger partial charge in [-0.1, -0.05) is 23.8 Å². The molecule has 0 unspecified atom stereocenters. The van der Waals surface area contributed by atoms with Gasteiger partial charge in [0.25, 0.3) is 0 Å². The summed E-state index contributed by atoms with van der Waals surface area (Å²) in [5, 5.41) is 8.81. The van der Waals surface area contributed by atoms with Gasteiger partial charge >= 0.3 is 0 Å². The second kappa shape index (κ2) is 3.35. The first-order chi connectivity index (χ1) is 6.81. The highest BCUT2D eigenvalue weighted by Gasteiger charge is 2.06. The van der Waals surface area contributed by atoms with Gasteiger partial charge in [-0.2, -0.15) is 5.26 Å². The van der Waals surface area contributed by atoms with Crippen molar-refractivity contribution in [3.63, 3.8) is 0 Å². The van der Waals surface area contributed by atoms with E-state index in [4.69, 9.17) is 5.26 Å². The normalized spacial score (nSPS) is 9.71. The topological polar surface area (TPSA) is 52.5 Å². The fourth-order valence-electron chi connectivity index (χ4n) is 1.40. The quantitative estimate of drug-likeness (QED) is 0.737. The molecule has 0 fully saturated rings. The number of aromatic amines is 1. The van der Waals surface area contributed by atoms with Gasteiger partial charge in [0, 0.05) is 5.56 Å². The Morgan fingerprint density at radius 3 is 3.00 bits per heavy atom. The van der Waals surface area contributed by atoms with Crippen LogP contribution in [0.2, 0.25) is 0 Å². The van der Waals surface area contributed by atoms with Crippen LogP contribution in [0.15, 0.2) is 30.6 Å². The Bertz CT molecular complexity index is 491. The molecule has 2 rings (SSSR count). The van der Waals surface area contributed by atoms with Gasteiger partial charge in [-0.3, -0.25) is 0 Å². The van der Waals surface area contributed by atoms with Crippen LogP contribution in [-0.4, -0.2) is 9.97 Å². The van der Waals surface area contributed by atoms with Crippen LogP contribution < -0.4 is 0 Å². The minimum atomic E-state index is 0.440. The van der Waals surface area contributed by atoms with Crippen LogP contribution in [-0.2, 0) is 0 Å². The summed E-state index contributed by atoms with van der Waals surface area (Å²) >= 11 is 0. The standard InChI is InChI=1S/C11H9N3/c1-8-3-2-4-9(5-8)11-10(6-12)13-7-14-11/h2-5,7H,1H3,(H,13,14). The molecule has 0 bridgehead atoms. The lowest BCUT2D eigenvalue weighted by molar-refractivity contribution is 1.29. The molecule has 0 aliphatic carbocycles. The third kappa shape index (κ3) is 1.38. The molecule has 1 aromatic heterocycles. The molecule has 0 aliphatic heterocycles. The van der Waals surface area contributed by atoms with Crippen LogP contribution in [0.4, 0.5) is 0 Å². The Balaban J connectivity index is 2.56. The first-order valence-electron chi connectivity index (χ1n) is 4.32. The highest BCUT2D eigenvalue weighted by Crippen LogP contribution is 2.20. The fourth-order valence-corrected chi connectivity index (χ4v) is 1.40. The molecule has 0 spiro atoms. The summed E-state index contributed by atoms with van der Waals surface area (Å²) in [7, 11) is 0. The maximum atomic E-state index is 8.81. The molecule has 3 heteroatoms. The minimum Gasteiger partial charge on any atom is -0.343 e. The van der Waals surface area contributed by atoms with Gasteiger partial charge in [-0.05, 0) is 13.0 Å². The van der Waals surface area contributed by atoms with Crippen molar-refractivity contribution in [2.45, 2.75) is 6.92 Å². The Kier molecular flexibility index (Phi) is 2.04. The molecule has 0 saturated carbocycles. The maximum Gasteiger partial charge on any atom is 0.166 e. The summed E-state index contributed by atoms with van der Waals surface area (Å²) in [5.41, 5.74) is 3.40. The number of hydrogen-bond acceptors (Lipinski definition) is 2. The molecule has 0 radical (unpaired) electrons. The molecule has 0 saturated heterocycles. The molecule has 0 aliphatic rings. The summed E-state index contributed by atoms with van der Waals surface area (Å²) in [6.45, 7) is 2.02. The number of imidazole rings is 1. The third-order valence-electron chi connectivity index (χ3n) is 2.05. The molecule has 14 heavy (non-hydrogen) atoms. The highest BCUT2D eigenvalue weighted by atomic mass is 14.9. The van der Waals surface area contributed by atoms with E-state index in [0.29, 0.717) is 5.69 Å². The van der Waals surface area contributed by atoms with Crippen molar-refractivity contribution in [2.75, 3.05) is 0 Å². The molecule has 1 N–H and O–H groups in total. The van der Waals surface area contributed by atoms with Gasteiger partial charge in [0.05, 0.1) is 12.0 Å². The second-order valence-electron chi connectivity index (χ2n) is 3.11. The van der Waals surface area contributed by atoms with Gasteiger partial charge in [0.2, 0.25) is 0 Å². The summed E-state index contributed by atoms with van der Waals surface area (Å²) in [6, 6.07) is 10.0. The predicted octanol–water partition coefficient (Wildman–Crippen LogP) is 2.26. The zero-order valence-corrected chi connectivity index (χ0v) is 7.78. The number of hydrogen-bond donors (Lipinski definition) is 1. The fraction of sp³-hybridized carbons (Fsp3) is 0.0909. The molecule has 1 aromatic carbocycles. The SMILES string of the molecule is Cc1cccc(-c2[nH]cnc2C#N)c1. The lowest BCUT2D eigenvalue weighted by atomic mass is 10.1. The average Bonchev–Trinajstić information content (AvgIpc) is 2.65. The van der Waals surface area contributed by atoms with Gasteiger partial charge in [-0.25, -0.2) is 4.98 Å². The lowest BCUT2D eigenvalue weighted by Crippen LogP contribution is -1.83. The number of benzene rings is 1. The molecule has 68 valence electrons. The molecule has 0 atom stereocenters. The number of H-pyrrole nitrogens is 1. The van der Waals surface area contributed by atoms with Crippen molar-refractivity contribution in [1.82, 2.24) is 9.97 Å². The van der Waals surface area contributed by atoms with E-state index in [-0.39, 0.29) is 0 Å². The number of rotatable bonds is 1. The van der Waals surface area contributed by atoms with E-state index in [1.165, 1.54) is 11.9 Å². The Hall–Kier alpha value is -2.08. The van der Waals surface area contributed by atoms with Crippen LogP contribution in [0.5, 0.6) is 0 Å². The highest BCUT2D eigenvalue weighted by molar-refractivity contribution is 5.65. The van der Waals surface area contributed by atoms with E-state index in [9.17, 15) is 0 Å². The van der Waals surface area contributed by atoms with Crippen molar-refractivity contribution in [3.05, 3.63) is 41.9 Å². The van der Waals surface area contributed by atoms with E-state index in [0.717, 1.165) is 11.3 Å². The molecule has 1 heterocycles. The number of nitrogens with one attached hydrogen (secondary N) is 1. The number of aryl methyl sites for hydroxylation is 1. The van der Waals surface area contributed by atoms with Crippen molar-refractivity contribution in [2.24, 2.45) is 0 Å². The summed E-state index contributed by atoms with van der Waals surface area (Å²) in [6.07, 6.45) is 1.54. The van der Waals surface area contributed by atoms with Crippen LogP contribution in [0.25, 0.3) is 11.3 Å². The number of aromatic nitrogens is 2. The lowest BCUT2D eigenvalue weighted by Gasteiger charge is -1.99. The van der Waals surface area contributed by atoms with E-state index >= 15 is 0 Å². The van der Waals surface area contributed by atoms with Gasteiger partial charge in [-0.15, -0.1) is 0 Å². The number of nitriles is 1. The molecular weight excluding hydrogens is 174 g/mol. The number of nitrogens with zero attached hydrogens (tertiary/aromatic N) is 2. The van der Waals surface area contributed by atoms with E-state index in [1.54, 1.807) is 0 Å². The summed E-state index contributed by atoms with van der Waals surface area (Å²) in [5.74, 6) is 0. The second-order valence-corrected chi connectivity index (χ2v) is 3.11. The van der Waals surface area contributed by atoms with E-state index in [2.05, 4.69) is 16.0 Å². The van der Waals surface area contributed by atoms with Gasteiger partial charge in [0.1, 0.15) is 6.07 Å². The van der Waals surface area contributed by atoms with Crippen molar-refractivity contribution in [1.29, 1.82) is 5.26 Å². The summed E-state index contributed by atoms with van der Waals surface area (Å²) < 4.78 is 0. The van der Waals surface area contributed by atoms with Crippen molar-refractivity contribution in [3.8, 4) is 17.3 Å². The zero-order chi connectivity index (χ0) is 9.97. The first-order valence-corrected chi connectivity index (χ1v) is 4.32. The van der Waals surface area contributed by atoms with Crippen LogP contribution in [0.1, 0.15) is 11.3 Å². The molecule has 0 amide bonds. The first kappa shape index (κ1) is 8.52. The minimum absolute atomic E-state index is 0.440. The Morgan fingerprint density at radius 2 is 2.29 bits per heavy atom. The monoisotopic (exact) mass is 183 g/mol. The van der Waals surface area contributed by atoms with Crippen molar-refractivity contribution < 1.29 is 0 Å². The average molecular weight is 183 g/mol. The Labute approximate surface area is 82.0 Å². The molecule has 2 aromatic rings. The van der Waals surface area contributed by atoms with E-state index in [1.807, 2.05) is 31.2 Å². The molecule has 3 nitrogen and oxygen atoms in total. The van der Waals surface area contributed by atoms with Gasteiger partial charge in [0.15, 0.2) is 5.69 Å². The molecular formula is C11H9N3. The largest absolute Gasteiger partial charge is 0.343 e. The van der Waals surface area contributed by atoms with Crippen LogP contribution in [0.3, 0.4) is 0 Å². The van der Waals surface area contributed by atoms with E-state index < -0.39 is 0 Å². The summed E-state index contributed by atoms with van der Waals surface area (Å²) in [4.78, 5) is 6.89. The van der Waals surface area contributed by atoms with Crippen molar-refractivity contribution >= 4 is 0 Å². The zero-order valence-electron chi connectivity index (χ0n) is 7.78. The maximum absolute atomic E-state index is 8.81. The van der Waals surface area contributed by atoms with Crippen LogP contribution >= 0.6 is 0 Å². The predicted molar refractivity (Wildman–Crippen MR) is 53.5 cm³/mol. The smallest absolute Gasteiger partial charge is 0.166 e. The van der Waals surface area contributed by atoms with Gasteiger partial charge < -0.3 is 4.98 Å². The van der Waals surface area contributed by atoms with Crippen LogP contribution in [0, 0.1) is 18.3 Å².